The maximum atomic E-state index is 12.5. The predicted octanol–water partition coefficient (Wildman–Crippen LogP) is 20.6. The van der Waals surface area contributed by atoms with Crippen LogP contribution in [0.25, 0.3) is 0 Å². The van der Waals surface area contributed by atoms with Gasteiger partial charge in [-0.15, -0.1) is 0 Å². The Morgan fingerprint density at radius 3 is 0.859 bits per heavy atom. The van der Waals surface area contributed by atoms with E-state index in [0.717, 1.165) is 38.5 Å². The topological polar surface area (TPSA) is 95.9 Å². The average molecular weight is 1000 g/mol. The van der Waals surface area contributed by atoms with E-state index >= 15 is 0 Å². The smallest absolute Gasteiger partial charge is 0.305 e. The molecule has 0 aromatic rings. The molecule has 0 saturated heterocycles. The maximum absolute atomic E-state index is 12.5. The lowest BCUT2D eigenvalue weighted by atomic mass is 10.0. The van der Waals surface area contributed by atoms with Gasteiger partial charge >= 0.3 is 5.97 Å². The lowest BCUT2D eigenvalue weighted by molar-refractivity contribution is -0.143. The Morgan fingerprint density at radius 2 is 0.577 bits per heavy atom. The van der Waals surface area contributed by atoms with Crippen LogP contribution in [0.5, 0.6) is 0 Å². The number of carbonyl (C=O) groups excluding carboxylic acids is 2. The quantitative estimate of drug-likeness (QED) is 0.0417. The van der Waals surface area contributed by atoms with Crippen molar-refractivity contribution in [2.45, 2.75) is 392 Å². The molecule has 0 aromatic carbocycles. The molecule has 6 heteroatoms. The fourth-order valence-electron chi connectivity index (χ4n) is 10.6. The Morgan fingerprint density at radius 1 is 0.338 bits per heavy atom. The van der Waals surface area contributed by atoms with Crippen molar-refractivity contribution in [2.75, 3.05) is 13.2 Å². The molecular formula is C65H129NO5. The molecule has 1 amide bonds. The van der Waals surface area contributed by atoms with Gasteiger partial charge in [0, 0.05) is 12.8 Å². The van der Waals surface area contributed by atoms with E-state index in [1.54, 1.807) is 0 Å². The van der Waals surface area contributed by atoms with E-state index in [2.05, 4.69) is 19.2 Å². The van der Waals surface area contributed by atoms with Crippen molar-refractivity contribution in [1.29, 1.82) is 0 Å². The van der Waals surface area contributed by atoms with Crippen LogP contribution in [0.1, 0.15) is 380 Å². The highest BCUT2D eigenvalue weighted by Gasteiger charge is 2.20. The van der Waals surface area contributed by atoms with Gasteiger partial charge in [0.25, 0.3) is 0 Å². The SMILES string of the molecule is CCCCCCCCCCCCCCCCCC(O)C(CO)NC(=O)CCCCCCCCCCCCCCCCCCCCCCCCCCCCCOC(=O)CCCCCCCCCCCCCC. The van der Waals surface area contributed by atoms with Crippen LogP contribution in [-0.4, -0.2) is 47.4 Å². The largest absolute Gasteiger partial charge is 0.466 e. The number of hydrogen-bond acceptors (Lipinski definition) is 5. The molecule has 0 rings (SSSR count). The van der Waals surface area contributed by atoms with Crippen LogP contribution < -0.4 is 5.32 Å². The number of aliphatic hydroxyl groups excluding tert-OH is 2. The number of carbonyl (C=O) groups is 2. The molecule has 424 valence electrons. The fourth-order valence-corrected chi connectivity index (χ4v) is 10.6. The number of hydrogen-bond donors (Lipinski definition) is 3. The molecule has 0 aliphatic carbocycles. The lowest BCUT2D eigenvalue weighted by Gasteiger charge is -2.22. The Labute approximate surface area is 445 Å². The normalized spacial score (nSPS) is 12.5. The van der Waals surface area contributed by atoms with Gasteiger partial charge in [-0.1, -0.05) is 341 Å². The number of ether oxygens (including phenoxy) is 1. The number of amides is 1. The molecule has 0 aromatic heterocycles. The fraction of sp³-hybridized carbons (Fsp3) is 0.969. The molecule has 3 N–H and O–H groups in total. The summed E-state index contributed by atoms with van der Waals surface area (Å²) in [5, 5.41) is 23.3. The summed E-state index contributed by atoms with van der Waals surface area (Å²) in [5.74, 6) is -0.00912. The van der Waals surface area contributed by atoms with Gasteiger partial charge in [-0.05, 0) is 25.7 Å². The van der Waals surface area contributed by atoms with E-state index in [1.165, 1.54) is 308 Å². The molecule has 0 aliphatic heterocycles. The van der Waals surface area contributed by atoms with Crippen LogP contribution in [0.2, 0.25) is 0 Å². The second kappa shape index (κ2) is 61.4. The third kappa shape index (κ3) is 58.0. The first-order valence-electron chi connectivity index (χ1n) is 32.8. The summed E-state index contributed by atoms with van der Waals surface area (Å²) in [7, 11) is 0. The zero-order valence-corrected chi connectivity index (χ0v) is 48.5. The number of unbranched alkanes of at least 4 members (excludes halogenated alkanes) is 51. The Kier molecular flexibility index (Phi) is 60.4. The van der Waals surface area contributed by atoms with Crippen molar-refractivity contribution in [2.24, 2.45) is 0 Å². The predicted molar refractivity (Wildman–Crippen MR) is 310 cm³/mol. The Bertz CT molecular complexity index is 1020. The van der Waals surface area contributed by atoms with E-state index in [1.807, 2.05) is 0 Å². The summed E-state index contributed by atoms with van der Waals surface area (Å²) in [4.78, 5) is 24.5. The average Bonchev–Trinajstić information content (AvgIpc) is 3.37. The summed E-state index contributed by atoms with van der Waals surface area (Å²) in [6, 6.07) is -0.538. The molecule has 0 spiro atoms. The zero-order chi connectivity index (χ0) is 51.4. The van der Waals surface area contributed by atoms with Crippen LogP contribution in [0.3, 0.4) is 0 Å². The van der Waals surface area contributed by atoms with Crippen molar-refractivity contribution >= 4 is 11.9 Å². The molecule has 0 radical (unpaired) electrons. The number of rotatable bonds is 62. The van der Waals surface area contributed by atoms with Crippen molar-refractivity contribution in [3.8, 4) is 0 Å². The van der Waals surface area contributed by atoms with Gasteiger partial charge in [0.05, 0.1) is 25.4 Å². The molecule has 0 saturated carbocycles. The molecule has 0 fully saturated rings. The van der Waals surface area contributed by atoms with Gasteiger partial charge in [-0.25, -0.2) is 0 Å². The number of esters is 1. The van der Waals surface area contributed by atoms with Crippen LogP contribution in [0, 0.1) is 0 Å². The van der Waals surface area contributed by atoms with Crippen molar-refractivity contribution in [3.05, 3.63) is 0 Å². The van der Waals surface area contributed by atoms with Gasteiger partial charge in [-0.2, -0.15) is 0 Å². The number of aliphatic hydroxyl groups is 2. The first-order valence-corrected chi connectivity index (χ1v) is 32.8. The van der Waals surface area contributed by atoms with E-state index in [4.69, 9.17) is 4.74 Å². The minimum absolute atomic E-state index is 0.0197. The van der Waals surface area contributed by atoms with E-state index in [-0.39, 0.29) is 18.5 Å². The van der Waals surface area contributed by atoms with Gasteiger partial charge in [0.2, 0.25) is 5.91 Å². The molecule has 71 heavy (non-hydrogen) atoms. The highest BCUT2D eigenvalue weighted by Crippen LogP contribution is 2.19. The maximum Gasteiger partial charge on any atom is 0.305 e. The van der Waals surface area contributed by atoms with Crippen molar-refractivity contribution in [1.82, 2.24) is 5.32 Å². The highest BCUT2D eigenvalue weighted by atomic mass is 16.5. The molecule has 6 nitrogen and oxygen atoms in total. The summed E-state index contributed by atoms with van der Waals surface area (Å²) in [6.45, 7) is 4.99. The van der Waals surface area contributed by atoms with Gasteiger partial charge in [0.15, 0.2) is 0 Å². The minimum Gasteiger partial charge on any atom is -0.466 e. The highest BCUT2D eigenvalue weighted by molar-refractivity contribution is 5.76. The first-order chi connectivity index (χ1) is 35.0. The monoisotopic (exact) mass is 1000 g/mol. The summed E-state index contributed by atoms with van der Waals surface area (Å²) in [5.41, 5.74) is 0. The second-order valence-corrected chi connectivity index (χ2v) is 22.8. The molecule has 2 unspecified atom stereocenters. The van der Waals surface area contributed by atoms with E-state index in [9.17, 15) is 19.8 Å². The van der Waals surface area contributed by atoms with Gasteiger partial charge in [-0.3, -0.25) is 9.59 Å². The van der Waals surface area contributed by atoms with Crippen molar-refractivity contribution in [3.63, 3.8) is 0 Å². The first kappa shape index (κ1) is 69.9. The third-order valence-corrected chi connectivity index (χ3v) is 15.7. The van der Waals surface area contributed by atoms with E-state index in [0.29, 0.717) is 25.9 Å². The third-order valence-electron chi connectivity index (χ3n) is 15.7. The van der Waals surface area contributed by atoms with Crippen LogP contribution >= 0.6 is 0 Å². The van der Waals surface area contributed by atoms with Crippen LogP contribution in [0.4, 0.5) is 0 Å². The second-order valence-electron chi connectivity index (χ2n) is 22.8. The standard InChI is InChI=1S/C65H129NO5/c1-3-5-7-9-11-13-15-17-31-34-37-41-45-49-53-57-63(68)62(61-67)66-64(69)58-54-50-46-42-38-35-32-29-27-25-23-21-19-18-20-22-24-26-28-30-33-36-40-44-48-52-56-60-71-65(70)59-55-51-47-43-39-16-14-12-10-8-6-4-2/h62-63,67-68H,3-61H2,1-2H3,(H,66,69). The van der Waals surface area contributed by atoms with Gasteiger partial charge < -0.3 is 20.3 Å². The lowest BCUT2D eigenvalue weighted by Crippen LogP contribution is -2.45. The van der Waals surface area contributed by atoms with E-state index < -0.39 is 12.1 Å². The zero-order valence-electron chi connectivity index (χ0n) is 48.5. The summed E-state index contributed by atoms with van der Waals surface area (Å²) in [6.07, 6.45) is 72.7. The van der Waals surface area contributed by atoms with Crippen molar-refractivity contribution < 1.29 is 24.5 Å². The Balaban J connectivity index is 3.33. The van der Waals surface area contributed by atoms with Gasteiger partial charge in [0.1, 0.15) is 0 Å². The number of nitrogens with one attached hydrogen (secondary N) is 1. The molecule has 0 heterocycles. The molecule has 0 bridgehead atoms. The van der Waals surface area contributed by atoms with Crippen LogP contribution in [-0.2, 0) is 14.3 Å². The molecule has 2 atom stereocenters. The molecular weight excluding hydrogens is 875 g/mol. The molecule has 0 aliphatic rings. The minimum atomic E-state index is -0.661. The summed E-state index contributed by atoms with van der Waals surface area (Å²) < 4.78 is 5.48. The van der Waals surface area contributed by atoms with Crippen LogP contribution in [0.15, 0.2) is 0 Å². The summed E-state index contributed by atoms with van der Waals surface area (Å²) >= 11 is 0. The Hall–Kier alpha value is -1.14.